The van der Waals surface area contributed by atoms with E-state index in [0.717, 1.165) is 24.8 Å². The number of hydrogen-bond donors (Lipinski definition) is 3. The van der Waals surface area contributed by atoms with Crippen molar-refractivity contribution in [3.8, 4) is 0 Å². The first-order valence-electron chi connectivity index (χ1n) is 10.3. The minimum Gasteiger partial charge on any atom is -0.467 e. The molecule has 1 aliphatic rings. The van der Waals surface area contributed by atoms with Gasteiger partial charge in [0.15, 0.2) is 0 Å². The Bertz CT molecular complexity index is 716. The lowest BCUT2D eigenvalue weighted by atomic mass is 9.79. The zero-order chi connectivity index (χ0) is 22.1. The van der Waals surface area contributed by atoms with Crippen LogP contribution in [0.2, 0.25) is 0 Å². The Morgan fingerprint density at radius 3 is 2.27 bits per heavy atom. The summed E-state index contributed by atoms with van der Waals surface area (Å²) in [6, 6.07) is 7.01. The molecule has 1 fully saturated rings. The molecule has 0 aliphatic heterocycles. The number of methoxy groups -OCH3 is 1. The molecule has 30 heavy (non-hydrogen) atoms. The third kappa shape index (κ3) is 6.45. The Balaban J connectivity index is 2.12. The van der Waals surface area contributed by atoms with Crippen LogP contribution in [0.3, 0.4) is 0 Å². The van der Waals surface area contributed by atoms with Crippen LogP contribution in [0.15, 0.2) is 30.3 Å². The first kappa shape index (κ1) is 23.7. The van der Waals surface area contributed by atoms with Gasteiger partial charge in [0.1, 0.15) is 18.7 Å². The van der Waals surface area contributed by atoms with Crippen LogP contribution in [0.4, 0.5) is 4.79 Å². The van der Waals surface area contributed by atoms with E-state index in [1.807, 2.05) is 30.3 Å². The molecule has 1 saturated carbocycles. The molecule has 0 heterocycles. The van der Waals surface area contributed by atoms with Gasteiger partial charge in [-0.2, -0.15) is 0 Å². The molecule has 0 saturated heterocycles. The third-order valence-electron chi connectivity index (χ3n) is 5.41. The third-order valence-corrected chi connectivity index (χ3v) is 5.41. The summed E-state index contributed by atoms with van der Waals surface area (Å²) < 4.78 is 10.00. The molecule has 1 aliphatic carbocycles. The highest BCUT2D eigenvalue weighted by Gasteiger charge is 2.44. The van der Waals surface area contributed by atoms with Crippen molar-refractivity contribution >= 4 is 18.0 Å². The lowest BCUT2D eigenvalue weighted by Gasteiger charge is -2.38. The minimum absolute atomic E-state index is 0.0379. The molecule has 0 spiro atoms. The molecular formula is C22H32N2O6. The van der Waals surface area contributed by atoms with E-state index < -0.39 is 35.7 Å². The maximum absolute atomic E-state index is 13.0. The number of ether oxygens (including phenoxy) is 2. The van der Waals surface area contributed by atoms with Crippen LogP contribution >= 0.6 is 0 Å². The van der Waals surface area contributed by atoms with Gasteiger partial charge in [0.25, 0.3) is 0 Å². The van der Waals surface area contributed by atoms with E-state index in [2.05, 4.69) is 10.6 Å². The lowest BCUT2D eigenvalue weighted by Crippen LogP contribution is -2.63. The number of carbonyl (C=O) groups is 3. The second kappa shape index (κ2) is 11.0. The second-order valence-corrected chi connectivity index (χ2v) is 8.06. The largest absolute Gasteiger partial charge is 0.467 e. The maximum atomic E-state index is 13.0. The molecule has 0 bridgehead atoms. The number of rotatable bonds is 8. The Kier molecular flexibility index (Phi) is 8.65. The van der Waals surface area contributed by atoms with Crippen molar-refractivity contribution in [3.05, 3.63) is 35.9 Å². The zero-order valence-corrected chi connectivity index (χ0v) is 17.8. The van der Waals surface area contributed by atoms with Gasteiger partial charge in [0.2, 0.25) is 5.91 Å². The summed E-state index contributed by atoms with van der Waals surface area (Å²) >= 11 is 0. The quantitative estimate of drug-likeness (QED) is 0.556. The highest BCUT2D eigenvalue weighted by molar-refractivity contribution is 5.90. The van der Waals surface area contributed by atoms with E-state index in [1.165, 1.54) is 7.11 Å². The Morgan fingerprint density at radius 1 is 1.07 bits per heavy atom. The average Bonchev–Trinajstić information content (AvgIpc) is 2.74. The number of amides is 2. The maximum Gasteiger partial charge on any atom is 0.408 e. The summed E-state index contributed by atoms with van der Waals surface area (Å²) in [5, 5.41) is 16.3. The van der Waals surface area contributed by atoms with Crippen molar-refractivity contribution < 1.29 is 29.0 Å². The van der Waals surface area contributed by atoms with Crippen LogP contribution < -0.4 is 10.6 Å². The molecule has 8 nitrogen and oxygen atoms in total. The van der Waals surface area contributed by atoms with Crippen LogP contribution in [-0.2, 0) is 25.7 Å². The van der Waals surface area contributed by atoms with Gasteiger partial charge in [-0.25, -0.2) is 9.59 Å². The van der Waals surface area contributed by atoms with E-state index >= 15 is 0 Å². The van der Waals surface area contributed by atoms with Gasteiger partial charge in [-0.3, -0.25) is 4.79 Å². The minimum atomic E-state index is -1.41. The van der Waals surface area contributed by atoms with E-state index in [9.17, 15) is 19.5 Å². The number of alkyl carbamates (subject to hydrolysis) is 1. The number of aliphatic hydroxyl groups is 1. The van der Waals surface area contributed by atoms with Gasteiger partial charge in [0, 0.05) is 0 Å². The average molecular weight is 421 g/mol. The second-order valence-electron chi connectivity index (χ2n) is 8.06. The summed E-state index contributed by atoms with van der Waals surface area (Å²) in [7, 11) is 1.25. The van der Waals surface area contributed by atoms with Gasteiger partial charge >= 0.3 is 12.1 Å². The fourth-order valence-corrected chi connectivity index (χ4v) is 3.64. The lowest BCUT2D eigenvalue weighted by molar-refractivity contribution is -0.148. The van der Waals surface area contributed by atoms with Gasteiger partial charge < -0.3 is 25.2 Å². The van der Waals surface area contributed by atoms with Gasteiger partial charge in [-0.15, -0.1) is 0 Å². The monoisotopic (exact) mass is 420 g/mol. The molecule has 1 aromatic rings. The van der Waals surface area contributed by atoms with Crippen LogP contribution in [0.1, 0.15) is 51.5 Å². The van der Waals surface area contributed by atoms with Crippen molar-refractivity contribution in [3.63, 3.8) is 0 Å². The van der Waals surface area contributed by atoms with Crippen molar-refractivity contribution in [1.29, 1.82) is 0 Å². The van der Waals surface area contributed by atoms with Crippen LogP contribution in [0.25, 0.3) is 0 Å². The Hall–Kier alpha value is -2.61. The zero-order valence-electron chi connectivity index (χ0n) is 17.8. The van der Waals surface area contributed by atoms with E-state index in [1.54, 1.807) is 13.8 Å². The van der Waals surface area contributed by atoms with E-state index in [4.69, 9.17) is 9.47 Å². The standard InChI is InChI=1S/C22H32N2O6/c1-15(2)17(20(26)29-3)23-19(25)18(22(28)12-8-5-9-13-22)24-21(27)30-14-16-10-6-4-7-11-16/h4,6-7,10-11,15,17-18,28H,5,8-9,12-14H2,1-3H3,(H,23,25)(H,24,27)/t17-,18+/m0/s1. The van der Waals surface area contributed by atoms with Crippen molar-refractivity contribution in [2.24, 2.45) is 5.92 Å². The topological polar surface area (TPSA) is 114 Å². The number of carbonyl (C=O) groups excluding carboxylic acids is 3. The summed E-state index contributed by atoms with van der Waals surface area (Å²) in [6.07, 6.45) is 2.36. The molecular weight excluding hydrogens is 388 g/mol. The fourth-order valence-electron chi connectivity index (χ4n) is 3.64. The van der Waals surface area contributed by atoms with Crippen molar-refractivity contribution in [2.45, 2.75) is 70.2 Å². The molecule has 1 aromatic carbocycles. The van der Waals surface area contributed by atoms with Gasteiger partial charge in [-0.1, -0.05) is 63.4 Å². The van der Waals surface area contributed by atoms with Gasteiger partial charge in [-0.05, 0) is 24.3 Å². The molecule has 2 rings (SSSR count). The highest BCUT2D eigenvalue weighted by Crippen LogP contribution is 2.31. The van der Waals surface area contributed by atoms with Crippen LogP contribution in [0, 0.1) is 5.92 Å². The van der Waals surface area contributed by atoms with Crippen molar-refractivity contribution in [1.82, 2.24) is 10.6 Å². The van der Waals surface area contributed by atoms with Crippen LogP contribution in [0.5, 0.6) is 0 Å². The molecule has 166 valence electrons. The van der Waals surface area contributed by atoms with E-state index in [-0.39, 0.29) is 12.5 Å². The molecule has 0 aromatic heterocycles. The number of benzene rings is 1. The summed E-state index contributed by atoms with van der Waals surface area (Å²) in [6.45, 7) is 3.58. The predicted molar refractivity (Wildman–Crippen MR) is 110 cm³/mol. The number of esters is 1. The Morgan fingerprint density at radius 2 is 1.70 bits per heavy atom. The normalized spacial score (nSPS) is 17.5. The Labute approximate surface area is 177 Å². The fraction of sp³-hybridized carbons (Fsp3) is 0.591. The van der Waals surface area contributed by atoms with Crippen LogP contribution in [-0.4, -0.2) is 47.9 Å². The molecule has 2 amide bonds. The highest BCUT2D eigenvalue weighted by atomic mass is 16.5. The SMILES string of the molecule is COC(=O)[C@@H](NC(=O)[C@@H](NC(=O)OCc1ccccc1)C1(O)CCCCC1)C(C)C. The summed E-state index contributed by atoms with van der Waals surface area (Å²) in [5.41, 5.74) is -0.609. The number of hydrogen-bond acceptors (Lipinski definition) is 6. The molecule has 8 heteroatoms. The summed E-state index contributed by atoms with van der Waals surface area (Å²) in [5.74, 6) is -1.45. The van der Waals surface area contributed by atoms with Crippen molar-refractivity contribution in [2.75, 3.05) is 7.11 Å². The smallest absolute Gasteiger partial charge is 0.408 e. The predicted octanol–water partition coefficient (Wildman–Crippen LogP) is 2.29. The molecule has 2 atom stereocenters. The first-order valence-corrected chi connectivity index (χ1v) is 10.3. The first-order chi connectivity index (χ1) is 14.3. The molecule has 0 unspecified atom stereocenters. The molecule has 0 radical (unpaired) electrons. The molecule has 3 N–H and O–H groups in total. The number of nitrogens with one attached hydrogen (secondary N) is 2. The summed E-state index contributed by atoms with van der Waals surface area (Å²) in [4.78, 5) is 37.5. The van der Waals surface area contributed by atoms with E-state index in [0.29, 0.717) is 12.8 Å². The van der Waals surface area contributed by atoms with Gasteiger partial charge in [0.05, 0.1) is 12.7 Å².